The van der Waals surface area contributed by atoms with Crippen molar-refractivity contribution in [2.45, 2.75) is 31.7 Å². The Hall–Kier alpha value is -2.11. The first-order valence-corrected chi connectivity index (χ1v) is 10.6. The molecule has 2 fully saturated rings. The van der Waals surface area contributed by atoms with Crippen molar-refractivity contribution in [1.29, 1.82) is 0 Å². The highest BCUT2D eigenvalue weighted by molar-refractivity contribution is 6.31. The molecule has 148 valence electrons. The zero-order valence-corrected chi connectivity index (χ0v) is 16.9. The quantitative estimate of drug-likeness (QED) is 0.791. The summed E-state index contributed by atoms with van der Waals surface area (Å²) >= 11 is 6.48. The van der Waals surface area contributed by atoms with Crippen LogP contribution in [0.5, 0.6) is 0 Å². The molecule has 4 rings (SSSR count). The van der Waals surface area contributed by atoms with E-state index in [4.69, 9.17) is 11.6 Å². The van der Waals surface area contributed by atoms with Gasteiger partial charge in [-0.25, -0.2) is 4.98 Å². The van der Waals surface area contributed by atoms with E-state index in [1.165, 1.54) is 12.8 Å². The zero-order chi connectivity index (χ0) is 19.3. The Morgan fingerprint density at radius 2 is 1.75 bits per heavy atom. The monoisotopic (exact) mass is 398 g/mol. The molecule has 0 radical (unpaired) electrons. The maximum absolute atomic E-state index is 12.5. The van der Waals surface area contributed by atoms with Crippen molar-refractivity contribution in [3.05, 3.63) is 58.7 Å². The highest BCUT2D eigenvalue weighted by atomic mass is 35.5. The Labute approximate surface area is 171 Å². The standard InChI is InChI=1S/C22H27ClN4O/c23-19-8-2-1-7-18(19)20(26-11-3-4-12-26)16-25-21-10-9-17(15-24-21)22(28)27-13-5-6-14-27/h1-2,7-10,15,20H,3-6,11-14,16H2,(H,24,25)/t20-/m0/s1. The van der Waals surface area contributed by atoms with E-state index in [0.717, 1.165) is 62.0 Å². The molecule has 28 heavy (non-hydrogen) atoms. The van der Waals surface area contributed by atoms with Gasteiger partial charge in [-0.15, -0.1) is 0 Å². The molecule has 5 nitrogen and oxygen atoms in total. The van der Waals surface area contributed by atoms with Gasteiger partial charge in [0.15, 0.2) is 0 Å². The van der Waals surface area contributed by atoms with Crippen LogP contribution in [0.2, 0.25) is 5.02 Å². The van der Waals surface area contributed by atoms with Gasteiger partial charge in [0.25, 0.3) is 5.91 Å². The molecule has 0 spiro atoms. The number of halogens is 1. The fraction of sp³-hybridized carbons (Fsp3) is 0.455. The van der Waals surface area contributed by atoms with Gasteiger partial charge in [-0.05, 0) is 62.5 Å². The van der Waals surface area contributed by atoms with Gasteiger partial charge in [0, 0.05) is 30.9 Å². The number of hydrogen-bond acceptors (Lipinski definition) is 4. The number of rotatable bonds is 6. The fourth-order valence-electron chi connectivity index (χ4n) is 4.16. The van der Waals surface area contributed by atoms with Crippen LogP contribution in [-0.4, -0.2) is 53.4 Å². The van der Waals surface area contributed by atoms with Crippen molar-refractivity contribution >= 4 is 23.3 Å². The lowest BCUT2D eigenvalue weighted by atomic mass is 10.1. The molecule has 0 unspecified atom stereocenters. The number of aromatic nitrogens is 1. The van der Waals surface area contributed by atoms with Crippen LogP contribution in [0.25, 0.3) is 0 Å². The molecule has 1 N–H and O–H groups in total. The Bertz CT molecular complexity index is 798. The van der Waals surface area contributed by atoms with Crippen molar-refractivity contribution in [3.8, 4) is 0 Å². The number of carbonyl (C=O) groups is 1. The van der Waals surface area contributed by atoms with E-state index in [9.17, 15) is 4.79 Å². The first-order chi connectivity index (χ1) is 13.7. The van der Waals surface area contributed by atoms with E-state index >= 15 is 0 Å². The average Bonchev–Trinajstić information content (AvgIpc) is 3.44. The average molecular weight is 399 g/mol. The number of hydrogen-bond donors (Lipinski definition) is 1. The number of nitrogens with one attached hydrogen (secondary N) is 1. The molecule has 1 aromatic carbocycles. The van der Waals surface area contributed by atoms with E-state index in [-0.39, 0.29) is 11.9 Å². The predicted octanol–water partition coefficient (Wildman–Crippen LogP) is 4.22. The van der Waals surface area contributed by atoms with Gasteiger partial charge < -0.3 is 10.2 Å². The van der Waals surface area contributed by atoms with E-state index in [1.807, 2.05) is 35.2 Å². The van der Waals surface area contributed by atoms with Crippen LogP contribution in [0.15, 0.2) is 42.6 Å². The Balaban J connectivity index is 1.43. The lowest BCUT2D eigenvalue weighted by Crippen LogP contribution is -2.31. The lowest BCUT2D eigenvalue weighted by Gasteiger charge is -2.29. The molecule has 1 aromatic heterocycles. The smallest absolute Gasteiger partial charge is 0.255 e. The van der Waals surface area contributed by atoms with Crippen molar-refractivity contribution in [1.82, 2.24) is 14.8 Å². The van der Waals surface area contributed by atoms with Crippen molar-refractivity contribution in [2.24, 2.45) is 0 Å². The van der Waals surface area contributed by atoms with Gasteiger partial charge in [0.1, 0.15) is 5.82 Å². The van der Waals surface area contributed by atoms with Gasteiger partial charge in [0.05, 0.1) is 11.6 Å². The summed E-state index contributed by atoms with van der Waals surface area (Å²) in [5.41, 5.74) is 1.81. The first-order valence-electron chi connectivity index (χ1n) is 10.2. The molecule has 2 aliphatic heterocycles. The summed E-state index contributed by atoms with van der Waals surface area (Å²) in [6.45, 7) is 4.63. The Morgan fingerprint density at radius 1 is 1.04 bits per heavy atom. The normalized spacial score (nSPS) is 18.4. The first kappa shape index (κ1) is 19.2. The molecule has 1 atom stereocenters. The number of amides is 1. The number of likely N-dealkylation sites (tertiary alicyclic amines) is 2. The minimum atomic E-state index is 0.0857. The minimum Gasteiger partial charge on any atom is -0.368 e. The van der Waals surface area contributed by atoms with E-state index in [0.29, 0.717) is 5.56 Å². The highest BCUT2D eigenvalue weighted by Crippen LogP contribution is 2.30. The van der Waals surface area contributed by atoms with Gasteiger partial charge >= 0.3 is 0 Å². The van der Waals surface area contributed by atoms with Crippen LogP contribution < -0.4 is 5.32 Å². The topological polar surface area (TPSA) is 48.5 Å². The number of anilines is 1. The molecule has 0 aliphatic carbocycles. The van der Waals surface area contributed by atoms with Gasteiger partial charge in [-0.3, -0.25) is 9.69 Å². The number of carbonyl (C=O) groups excluding carboxylic acids is 1. The van der Waals surface area contributed by atoms with Crippen LogP contribution >= 0.6 is 11.6 Å². The molecule has 2 aromatic rings. The Morgan fingerprint density at radius 3 is 2.43 bits per heavy atom. The summed E-state index contributed by atoms with van der Waals surface area (Å²) in [6.07, 6.45) is 6.33. The SMILES string of the molecule is O=C(c1ccc(NC[C@@H](c2ccccc2Cl)N2CCCC2)nc1)N1CCCC1. The van der Waals surface area contributed by atoms with Gasteiger partial charge in [-0.1, -0.05) is 29.8 Å². The third-order valence-corrected chi connectivity index (χ3v) is 6.07. The third-order valence-electron chi connectivity index (χ3n) is 5.73. The third kappa shape index (κ3) is 4.31. The maximum Gasteiger partial charge on any atom is 0.255 e. The fourth-order valence-corrected chi connectivity index (χ4v) is 4.43. The van der Waals surface area contributed by atoms with E-state index in [2.05, 4.69) is 21.3 Å². The second kappa shape index (κ2) is 8.93. The second-order valence-electron chi connectivity index (χ2n) is 7.59. The number of benzene rings is 1. The number of pyridine rings is 1. The molecule has 6 heteroatoms. The molecule has 2 aliphatic rings. The summed E-state index contributed by atoms with van der Waals surface area (Å²) in [4.78, 5) is 21.3. The lowest BCUT2D eigenvalue weighted by molar-refractivity contribution is 0.0792. The molecular formula is C22H27ClN4O. The van der Waals surface area contributed by atoms with Crippen LogP contribution in [0.1, 0.15) is 47.6 Å². The molecule has 0 saturated carbocycles. The van der Waals surface area contributed by atoms with Crippen LogP contribution in [-0.2, 0) is 0 Å². The van der Waals surface area contributed by atoms with E-state index in [1.54, 1.807) is 6.20 Å². The van der Waals surface area contributed by atoms with Crippen LogP contribution in [0, 0.1) is 0 Å². The summed E-state index contributed by atoms with van der Waals surface area (Å²) in [7, 11) is 0. The molecule has 3 heterocycles. The second-order valence-corrected chi connectivity index (χ2v) is 8.00. The maximum atomic E-state index is 12.5. The summed E-state index contributed by atoms with van der Waals surface area (Å²) < 4.78 is 0. The summed E-state index contributed by atoms with van der Waals surface area (Å²) in [5.74, 6) is 0.872. The largest absolute Gasteiger partial charge is 0.368 e. The minimum absolute atomic E-state index is 0.0857. The summed E-state index contributed by atoms with van der Waals surface area (Å²) in [6, 6.07) is 12.1. The summed E-state index contributed by atoms with van der Waals surface area (Å²) in [5, 5.41) is 4.25. The van der Waals surface area contributed by atoms with Crippen LogP contribution in [0.3, 0.4) is 0 Å². The molecule has 1 amide bonds. The van der Waals surface area contributed by atoms with Gasteiger partial charge in [0.2, 0.25) is 0 Å². The van der Waals surface area contributed by atoms with Crippen LogP contribution in [0.4, 0.5) is 5.82 Å². The Kier molecular flexibility index (Phi) is 6.13. The molecule has 2 saturated heterocycles. The molecular weight excluding hydrogens is 372 g/mol. The van der Waals surface area contributed by atoms with Gasteiger partial charge in [-0.2, -0.15) is 0 Å². The van der Waals surface area contributed by atoms with E-state index < -0.39 is 0 Å². The zero-order valence-electron chi connectivity index (χ0n) is 16.1. The van der Waals surface area contributed by atoms with Crippen molar-refractivity contribution in [3.63, 3.8) is 0 Å². The predicted molar refractivity (Wildman–Crippen MR) is 113 cm³/mol. The number of nitrogens with zero attached hydrogens (tertiary/aromatic N) is 3. The molecule has 0 bridgehead atoms. The highest BCUT2D eigenvalue weighted by Gasteiger charge is 2.25. The van der Waals surface area contributed by atoms with Crippen molar-refractivity contribution in [2.75, 3.05) is 38.0 Å². The van der Waals surface area contributed by atoms with Crippen molar-refractivity contribution < 1.29 is 4.79 Å².